The number of anilines is 1. The number of aromatic nitrogens is 2. The Morgan fingerprint density at radius 3 is 2.65 bits per heavy atom. The lowest BCUT2D eigenvalue weighted by Gasteiger charge is -2.06. The van der Waals surface area contributed by atoms with E-state index >= 15 is 0 Å². The van der Waals surface area contributed by atoms with Crippen molar-refractivity contribution in [3.63, 3.8) is 0 Å². The number of halogens is 1. The van der Waals surface area contributed by atoms with Crippen molar-refractivity contribution in [1.82, 2.24) is 9.97 Å². The summed E-state index contributed by atoms with van der Waals surface area (Å²) < 4.78 is 37.4. The van der Waals surface area contributed by atoms with E-state index < -0.39 is 27.3 Å². The fourth-order valence-electron chi connectivity index (χ4n) is 1.84. The van der Waals surface area contributed by atoms with Gasteiger partial charge in [-0.15, -0.1) is 0 Å². The van der Waals surface area contributed by atoms with Gasteiger partial charge < -0.3 is 5.32 Å². The number of hydrogen-bond acceptors (Lipinski definition) is 5. The molecule has 0 saturated heterocycles. The van der Waals surface area contributed by atoms with Crippen LogP contribution in [0, 0.1) is 5.82 Å². The normalized spacial score (nSPS) is 11.2. The zero-order chi connectivity index (χ0) is 16.9. The molecule has 0 radical (unpaired) electrons. The highest BCUT2D eigenvalue weighted by atomic mass is 32.2. The maximum atomic E-state index is 13.3. The lowest BCUT2D eigenvalue weighted by atomic mass is 10.3. The molecule has 2 aromatic rings. The molecule has 0 unspecified atom stereocenters. The van der Waals surface area contributed by atoms with Crippen LogP contribution in [0.3, 0.4) is 0 Å². The highest BCUT2D eigenvalue weighted by molar-refractivity contribution is 7.91. The lowest BCUT2D eigenvalue weighted by molar-refractivity contribution is -0.116. The van der Waals surface area contributed by atoms with Crippen molar-refractivity contribution in [3.8, 4) is 0 Å². The van der Waals surface area contributed by atoms with Crippen molar-refractivity contribution in [3.05, 3.63) is 52.8 Å². The Labute approximate surface area is 131 Å². The molecule has 0 aliphatic heterocycles. The first kappa shape index (κ1) is 16.8. The summed E-state index contributed by atoms with van der Waals surface area (Å²) in [7, 11) is -3.47. The molecule has 0 atom stereocenters. The molecule has 0 fully saturated rings. The second-order valence-corrected chi connectivity index (χ2v) is 6.80. The average Bonchev–Trinajstić information content (AvgIpc) is 2.51. The number of aromatic amines is 1. The molecule has 122 valence electrons. The lowest BCUT2D eigenvalue weighted by Crippen LogP contribution is -2.20. The molecule has 1 heterocycles. The van der Waals surface area contributed by atoms with E-state index in [2.05, 4.69) is 10.3 Å². The van der Waals surface area contributed by atoms with Gasteiger partial charge in [-0.3, -0.25) is 9.78 Å². The van der Waals surface area contributed by atoms with Crippen LogP contribution in [0.2, 0.25) is 0 Å². The molecule has 7 nitrogen and oxygen atoms in total. The van der Waals surface area contributed by atoms with E-state index in [1.54, 1.807) is 18.2 Å². The molecule has 1 aromatic heterocycles. The van der Waals surface area contributed by atoms with Gasteiger partial charge in [0.05, 0.1) is 16.8 Å². The van der Waals surface area contributed by atoms with Crippen molar-refractivity contribution in [2.24, 2.45) is 0 Å². The summed E-state index contributed by atoms with van der Waals surface area (Å²) in [5, 5.41) is 2.17. The Balaban J connectivity index is 1.90. The van der Waals surface area contributed by atoms with E-state index in [-0.39, 0.29) is 29.3 Å². The predicted octanol–water partition coefficient (Wildman–Crippen LogP) is 1.10. The molecule has 1 aromatic carbocycles. The number of sulfone groups is 1. The van der Waals surface area contributed by atoms with E-state index in [0.717, 1.165) is 0 Å². The Bertz CT molecular complexity index is 850. The third-order valence-corrected chi connectivity index (χ3v) is 4.77. The summed E-state index contributed by atoms with van der Waals surface area (Å²) in [6.07, 6.45) is 0.629. The molecule has 0 bridgehead atoms. The first-order valence-electron chi connectivity index (χ1n) is 6.71. The number of carbonyl (C=O) groups excluding carboxylic acids is 1. The number of nitrogens with one attached hydrogen (secondary N) is 2. The highest BCUT2D eigenvalue weighted by Crippen LogP contribution is 2.12. The van der Waals surface area contributed by atoms with E-state index in [1.807, 2.05) is 4.98 Å². The van der Waals surface area contributed by atoms with E-state index in [0.29, 0.717) is 6.20 Å². The first-order chi connectivity index (χ1) is 10.9. The number of carbonyl (C=O) groups is 1. The van der Waals surface area contributed by atoms with Crippen LogP contribution >= 0.6 is 0 Å². The minimum Gasteiger partial charge on any atom is -0.310 e. The molecule has 9 heteroatoms. The zero-order valence-electron chi connectivity index (χ0n) is 12.0. The second-order valence-electron chi connectivity index (χ2n) is 4.69. The van der Waals surface area contributed by atoms with E-state index in [9.17, 15) is 22.4 Å². The van der Waals surface area contributed by atoms with Gasteiger partial charge in [0.2, 0.25) is 5.91 Å². The first-order valence-corrected chi connectivity index (χ1v) is 8.36. The van der Waals surface area contributed by atoms with Gasteiger partial charge in [-0.2, -0.15) is 4.98 Å². The van der Waals surface area contributed by atoms with Crippen molar-refractivity contribution in [1.29, 1.82) is 0 Å². The zero-order valence-corrected chi connectivity index (χ0v) is 12.8. The molecule has 0 spiro atoms. The van der Waals surface area contributed by atoms with Crippen LogP contribution in [0.4, 0.5) is 10.2 Å². The van der Waals surface area contributed by atoms with Crippen LogP contribution in [0.5, 0.6) is 0 Å². The average molecular weight is 339 g/mol. The van der Waals surface area contributed by atoms with Gasteiger partial charge in [-0.05, 0) is 18.6 Å². The predicted molar refractivity (Wildman–Crippen MR) is 81.2 cm³/mol. The van der Waals surface area contributed by atoms with Crippen molar-refractivity contribution >= 4 is 21.6 Å². The molecule has 23 heavy (non-hydrogen) atoms. The van der Waals surface area contributed by atoms with Gasteiger partial charge in [0.1, 0.15) is 0 Å². The quantitative estimate of drug-likeness (QED) is 0.819. The SMILES string of the molecule is O=C(CCCS(=O)(=O)c1ccccc1)Nc1[nH]c(=O)ncc1F. The van der Waals surface area contributed by atoms with Crippen LogP contribution in [-0.4, -0.2) is 30.0 Å². The minimum absolute atomic E-state index is 0.0694. The highest BCUT2D eigenvalue weighted by Gasteiger charge is 2.15. The van der Waals surface area contributed by atoms with Gasteiger partial charge in [-0.1, -0.05) is 18.2 Å². The van der Waals surface area contributed by atoms with Gasteiger partial charge in [0.25, 0.3) is 0 Å². The van der Waals surface area contributed by atoms with Gasteiger partial charge in [0.15, 0.2) is 21.5 Å². The summed E-state index contributed by atoms with van der Waals surface area (Å²) in [4.78, 5) is 28.0. The monoisotopic (exact) mass is 339 g/mol. The maximum Gasteiger partial charge on any atom is 0.346 e. The van der Waals surface area contributed by atoms with E-state index in [1.165, 1.54) is 12.1 Å². The second kappa shape index (κ2) is 7.14. The Morgan fingerprint density at radius 1 is 1.26 bits per heavy atom. The topological polar surface area (TPSA) is 109 Å². The molecule has 2 N–H and O–H groups in total. The van der Waals surface area contributed by atoms with Crippen LogP contribution in [0.1, 0.15) is 12.8 Å². The molecule has 0 aliphatic rings. The van der Waals surface area contributed by atoms with Gasteiger partial charge in [0, 0.05) is 6.42 Å². The number of H-pyrrole nitrogens is 1. The standard InChI is InChI=1S/C14H14FN3O4S/c15-11-9-16-14(20)18-13(11)17-12(19)7-4-8-23(21,22)10-5-2-1-3-6-10/h1-3,5-6,9H,4,7-8H2,(H2,16,17,18,19,20). The number of nitrogens with zero attached hydrogens (tertiary/aromatic N) is 1. The number of benzene rings is 1. The van der Waals surface area contributed by atoms with Crippen LogP contribution in [0.25, 0.3) is 0 Å². The van der Waals surface area contributed by atoms with E-state index in [4.69, 9.17) is 0 Å². The fourth-order valence-corrected chi connectivity index (χ4v) is 3.17. The van der Waals surface area contributed by atoms with Crippen molar-refractivity contribution in [2.45, 2.75) is 17.7 Å². The number of hydrogen-bond donors (Lipinski definition) is 2. The molecular formula is C14H14FN3O4S. The summed E-state index contributed by atoms with van der Waals surface area (Å²) in [6.45, 7) is 0. The summed E-state index contributed by atoms with van der Waals surface area (Å²) >= 11 is 0. The Hall–Kier alpha value is -2.55. The molecular weight excluding hydrogens is 325 g/mol. The summed E-state index contributed by atoms with van der Waals surface area (Å²) in [5.41, 5.74) is -0.798. The largest absolute Gasteiger partial charge is 0.346 e. The van der Waals surface area contributed by atoms with Crippen LogP contribution < -0.4 is 11.0 Å². The molecule has 2 rings (SSSR count). The third kappa shape index (κ3) is 4.71. The van der Waals surface area contributed by atoms with Crippen LogP contribution in [0.15, 0.2) is 46.2 Å². The Kier molecular flexibility index (Phi) is 5.22. The van der Waals surface area contributed by atoms with Crippen LogP contribution in [-0.2, 0) is 14.6 Å². The third-order valence-electron chi connectivity index (χ3n) is 2.95. The Morgan fingerprint density at radius 2 is 1.96 bits per heavy atom. The molecule has 1 amide bonds. The fraction of sp³-hybridized carbons (Fsp3) is 0.214. The summed E-state index contributed by atoms with van der Waals surface area (Å²) in [6, 6.07) is 7.89. The summed E-state index contributed by atoms with van der Waals surface area (Å²) in [5.74, 6) is -2.08. The van der Waals surface area contributed by atoms with Crippen molar-refractivity contribution in [2.75, 3.05) is 11.1 Å². The number of amides is 1. The van der Waals surface area contributed by atoms with Gasteiger partial charge >= 0.3 is 5.69 Å². The maximum absolute atomic E-state index is 13.3. The minimum atomic E-state index is -3.47. The van der Waals surface area contributed by atoms with Gasteiger partial charge in [-0.25, -0.2) is 17.6 Å². The molecule has 0 saturated carbocycles. The smallest absolute Gasteiger partial charge is 0.310 e. The molecule has 0 aliphatic carbocycles. The van der Waals surface area contributed by atoms with Crippen molar-refractivity contribution < 1.29 is 17.6 Å². The number of rotatable bonds is 6.